The van der Waals surface area contributed by atoms with E-state index in [0.29, 0.717) is 17.4 Å². The average Bonchev–Trinajstić information content (AvgIpc) is 3.49. The van der Waals surface area contributed by atoms with Crippen LogP contribution in [0, 0.1) is 0 Å². The van der Waals surface area contributed by atoms with Crippen molar-refractivity contribution in [2.75, 3.05) is 40.9 Å². The molecule has 3 N–H and O–H groups in total. The number of phosphoric acid groups is 1. The second-order valence-electron chi connectivity index (χ2n) is 28.1. The van der Waals surface area contributed by atoms with Gasteiger partial charge in [-0.05, 0) is 19.3 Å². The molecule has 0 aliphatic carbocycles. The Hall–Kier alpha value is -0.760. The summed E-state index contributed by atoms with van der Waals surface area (Å²) in [4.78, 5) is 23.5. The van der Waals surface area contributed by atoms with Crippen molar-refractivity contribution in [1.29, 1.82) is 0 Å². The molecule has 0 radical (unpaired) electrons. The highest BCUT2D eigenvalue weighted by atomic mass is 31.2. The lowest BCUT2D eigenvalue weighted by atomic mass is 10.0. The van der Waals surface area contributed by atoms with E-state index in [1.54, 1.807) is 6.08 Å². The van der Waals surface area contributed by atoms with Crippen molar-refractivity contribution in [2.24, 2.45) is 0 Å². The van der Waals surface area contributed by atoms with Crippen LogP contribution in [0.5, 0.6) is 0 Å². The van der Waals surface area contributed by atoms with Crippen molar-refractivity contribution in [1.82, 2.24) is 5.32 Å². The summed E-state index contributed by atoms with van der Waals surface area (Å²) in [6.45, 7) is 4.90. The molecule has 0 fully saturated rings. The fraction of sp³-hybridized carbons (Fsp3) is 0.961. The molecule has 0 aromatic rings. The highest BCUT2D eigenvalue weighted by Gasteiger charge is 2.28. The van der Waals surface area contributed by atoms with E-state index in [0.717, 1.165) is 32.1 Å². The Morgan fingerprint density at radius 3 is 0.871 bits per heavy atom. The first-order valence-corrected chi connectivity index (χ1v) is 40.1. The molecule has 1 amide bonds. The maximum absolute atomic E-state index is 13.1. The van der Waals surface area contributed by atoms with Crippen LogP contribution in [0.2, 0.25) is 0 Å². The van der Waals surface area contributed by atoms with Gasteiger partial charge in [0.15, 0.2) is 0 Å². The lowest BCUT2D eigenvalue weighted by Crippen LogP contribution is -2.45. The first-order valence-electron chi connectivity index (χ1n) is 38.6. The van der Waals surface area contributed by atoms with E-state index in [4.69, 9.17) is 9.05 Å². The van der Waals surface area contributed by atoms with Crippen LogP contribution >= 0.6 is 7.82 Å². The Labute approximate surface area is 532 Å². The summed E-state index contributed by atoms with van der Waals surface area (Å²) in [5, 5.41) is 14.0. The molecule has 0 aromatic heterocycles. The number of unbranched alkanes of at least 4 members (excludes halogenated alkanes) is 60. The van der Waals surface area contributed by atoms with Crippen LogP contribution in [-0.2, 0) is 18.4 Å². The minimum Gasteiger partial charge on any atom is -0.387 e. The Bertz CT molecular complexity index is 1390. The number of likely N-dealkylation sites (N-methyl/N-ethyl adjacent to an activating group) is 1. The van der Waals surface area contributed by atoms with E-state index in [1.165, 1.54) is 366 Å². The number of phosphoric ester groups is 1. The van der Waals surface area contributed by atoms with Gasteiger partial charge in [0.1, 0.15) is 13.2 Å². The predicted octanol–water partition coefficient (Wildman–Crippen LogP) is 24.8. The first kappa shape index (κ1) is 84.2. The largest absolute Gasteiger partial charge is 0.472 e. The first-order chi connectivity index (χ1) is 41.5. The normalized spacial score (nSPS) is 13.5. The molecule has 3 unspecified atom stereocenters. The lowest BCUT2D eigenvalue weighted by Gasteiger charge is -2.25. The summed E-state index contributed by atoms with van der Waals surface area (Å²) in [5.41, 5.74) is 0. The molecule has 0 heterocycles. The highest BCUT2D eigenvalue weighted by molar-refractivity contribution is 7.47. The van der Waals surface area contributed by atoms with Gasteiger partial charge in [-0.2, -0.15) is 0 Å². The minimum atomic E-state index is -4.35. The molecule has 0 saturated carbocycles. The second kappa shape index (κ2) is 67.6. The molecular formula is C76H154N2O6P+. The van der Waals surface area contributed by atoms with E-state index >= 15 is 0 Å². The number of rotatable bonds is 73. The van der Waals surface area contributed by atoms with Crippen LogP contribution in [0.3, 0.4) is 0 Å². The highest BCUT2D eigenvalue weighted by Crippen LogP contribution is 2.43. The molecule has 0 aliphatic rings. The van der Waals surface area contributed by atoms with Gasteiger partial charge in [-0.25, -0.2) is 4.57 Å². The van der Waals surface area contributed by atoms with Crippen molar-refractivity contribution in [3.05, 3.63) is 12.2 Å². The van der Waals surface area contributed by atoms with E-state index in [2.05, 4.69) is 19.2 Å². The molecule has 85 heavy (non-hydrogen) atoms. The minimum absolute atomic E-state index is 0.0656. The maximum atomic E-state index is 13.1. The number of nitrogens with one attached hydrogen (secondary N) is 1. The van der Waals surface area contributed by atoms with Crippen LogP contribution in [0.25, 0.3) is 0 Å². The van der Waals surface area contributed by atoms with Crippen molar-refractivity contribution in [3.63, 3.8) is 0 Å². The fourth-order valence-electron chi connectivity index (χ4n) is 12.3. The van der Waals surface area contributed by atoms with Gasteiger partial charge in [-0.15, -0.1) is 0 Å². The lowest BCUT2D eigenvalue weighted by molar-refractivity contribution is -0.870. The van der Waals surface area contributed by atoms with Gasteiger partial charge in [0.2, 0.25) is 5.91 Å². The van der Waals surface area contributed by atoms with Gasteiger partial charge >= 0.3 is 7.82 Å². The van der Waals surface area contributed by atoms with E-state index in [9.17, 15) is 19.4 Å². The topological polar surface area (TPSA) is 105 Å². The van der Waals surface area contributed by atoms with Gasteiger partial charge in [-0.1, -0.05) is 405 Å². The molecule has 9 heteroatoms. The number of quaternary nitrogens is 1. The zero-order valence-electron chi connectivity index (χ0n) is 58.4. The molecule has 0 bridgehead atoms. The molecule has 0 saturated heterocycles. The van der Waals surface area contributed by atoms with Gasteiger partial charge in [0.25, 0.3) is 0 Å². The van der Waals surface area contributed by atoms with Gasteiger partial charge in [0.05, 0.1) is 39.9 Å². The number of carbonyl (C=O) groups excluding carboxylic acids is 1. The maximum Gasteiger partial charge on any atom is 0.472 e. The summed E-state index contributed by atoms with van der Waals surface area (Å²) >= 11 is 0. The number of hydrogen-bond donors (Lipinski definition) is 3. The number of aliphatic hydroxyl groups is 1. The Morgan fingerprint density at radius 1 is 0.388 bits per heavy atom. The van der Waals surface area contributed by atoms with Crippen LogP contribution < -0.4 is 5.32 Å². The Kier molecular flexibility index (Phi) is 67.0. The number of carbonyl (C=O) groups is 1. The zero-order chi connectivity index (χ0) is 61.9. The van der Waals surface area contributed by atoms with E-state index in [1.807, 2.05) is 27.2 Å². The fourth-order valence-corrected chi connectivity index (χ4v) is 13.0. The van der Waals surface area contributed by atoms with Crippen LogP contribution in [-0.4, -0.2) is 73.4 Å². The number of hydrogen-bond acceptors (Lipinski definition) is 5. The summed E-state index contributed by atoms with van der Waals surface area (Å²) in [5.74, 6) is -0.166. The van der Waals surface area contributed by atoms with E-state index in [-0.39, 0.29) is 19.1 Å². The Morgan fingerprint density at radius 2 is 0.624 bits per heavy atom. The summed E-state index contributed by atoms with van der Waals surface area (Å²) in [7, 11) is 1.60. The predicted molar refractivity (Wildman–Crippen MR) is 374 cm³/mol. The Balaban J connectivity index is 3.94. The zero-order valence-corrected chi connectivity index (χ0v) is 59.3. The standard InChI is InChI=1S/C76H153N2O6P/c1-6-8-10-12-14-16-18-20-22-24-26-28-30-32-34-35-36-37-38-39-40-41-42-44-46-48-50-52-54-56-58-60-62-64-66-68-70-76(80)77-74(73-84-85(81,82)83-72-71-78(3,4)5)75(79)69-67-65-63-61-59-57-55-53-51-49-47-45-43-33-31-29-27-25-23-21-19-17-15-13-11-9-7-2/h67,69,74-75,79H,6-66,68,70-73H2,1-5H3,(H-,77,80,81,82)/p+1/b69-67+. The van der Waals surface area contributed by atoms with Crippen molar-refractivity contribution >= 4 is 13.7 Å². The molecule has 0 rings (SSSR count). The smallest absolute Gasteiger partial charge is 0.387 e. The third-order valence-corrected chi connectivity index (χ3v) is 19.2. The number of amides is 1. The quantitative estimate of drug-likeness (QED) is 0.0243. The van der Waals surface area contributed by atoms with Crippen LogP contribution in [0.4, 0.5) is 0 Å². The molecule has 0 aliphatic heterocycles. The summed E-state index contributed by atoms with van der Waals surface area (Å²) in [6.07, 6.45) is 88.3. The van der Waals surface area contributed by atoms with Crippen molar-refractivity contribution < 1.29 is 32.9 Å². The summed E-state index contributed by atoms with van der Waals surface area (Å²) in [6, 6.07) is -0.844. The number of nitrogens with zero attached hydrogens (tertiary/aromatic N) is 1. The van der Waals surface area contributed by atoms with Gasteiger partial charge in [0, 0.05) is 6.42 Å². The van der Waals surface area contributed by atoms with Crippen LogP contribution in [0.15, 0.2) is 12.2 Å². The molecule has 508 valence electrons. The number of allylic oxidation sites excluding steroid dienone is 1. The molecule has 8 nitrogen and oxygen atoms in total. The molecule has 0 aromatic carbocycles. The van der Waals surface area contributed by atoms with Crippen LogP contribution in [0.1, 0.15) is 418 Å². The molecule has 0 spiro atoms. The monoisotopic (exact) mass is 1220 g/mol. The third kappa shape index (κ3) is 70.6. The SMILES string of the molecule is CCCCCCCCCCCCCCCCCCCCCCCCCCC/C=C/C(O)C(COP(=O)(O)OCC[N+](C)(C)C)NC(=O)CCCCCCCCCCCCCCCCCCCCCCCCCCCCCCCCCCCCCC. The van der Waals surface area contributed by atoms with Gasteiger partial charge < -0.3 is 19.8 Å². The number of aliphatic hydroxyl groups excluding tert-OH is 1. The van der Waals surface area contributed by atoms with Crippen molar-refractivity contribution in [3.8, 4) is 0 Å². The average molecular weight is 1220 g/mol. The molecular weight excluding hydrogens is 1070 g/mol. The third-order valence-electron chi connectivity index (χ3n) is 18.3. The van der Waals surface area contributed by atoms with E-state index < -0.39 is 20.0 Å². The molecule has 3 atom stereocenters. The van der Waals surface area contributed by atoms with Gasteiger partial charge in [-0.3, -0.25) is 13.8 Å². The van der Waals surface area contributed by atoms with Crippen molar-refractivity contribution in [2.45, 2.75) is 431 Å². The second-order valence-corrected chi connectivity index (χ2v) is 29.6. The summed E-state index contributed by atoms with van der Waals surface area (Å²) < 4.78 is 23.9.